The number of benzene rings is 1. The summed E-state index contributed by atoms with van der Waals surface area (Å²) < 4.78 is 21.3. The van der Waals surface area contributed by atoms with Crippen LogP contribution in [0.25, 0.3) is 11.4 Å². The number of ether oxygens (including phenoxy) is 3. The van der Waals surface area contributed by atoms with Crippen LogP contribution in [0.4, 0.5) is 0 Å². The molecule has 1 N–H and O–H groups in total. The summed E-state index contributed by atoms with van der Waals surface area (Å²) in [5.74, 6) is 1.97. The lowest BCUT2D eigenvalue weighted by Gasteiger charge is -2.17. The Kier molecular flexibility index (Phi) is 7.94. The van der Waals surface area contributed by atoms with Crippen LogP contribution in [-0.4, -0.2) is 48.5 Å². The molecule has 0 aliphatic rings. The zero-order valence-corrected chi connectivity index (χ0v) is 17.8. The van der Waals surface area contributed by atoms with Gasteiger partial charge in [-0.05, 0) is 36.8 Å². The normalized spacial score (nSPS) is 11.7. The molecule has 0 saturated carbocycles. The number of aryl methyl sites for hydroxylation is 1. The van der Waals surface area contributed by atoms with Gasteiger partial charge in [-0.2, -0.15) is 4.98 Å². The SMILES string of the molecule is COCCOc1ccc(C(C)NC(=O)CCc2nc(-c3cccnc3)no2)cc1OC. The quantitative estimate of drug-likeness (QED) is 0.466. The third-order valence-corrected chi connectivity index (χ3v) is 4.56. The largest absolute Gasteiger partial charge is 0.493 e. The second-order valence-electron chi connectivity index (χ2n) is 6.79. The monoisotopic (exact) mass is 426 g/mol. The molecule has 1 aromatic carbocycles. The summed E-state index contributed by atoms with van der Waals surface area (Å²) in [4.78, 5) is 20.7. The number of amides is 1. The Balaban J connectivity index is 1.53. The molecule has 0 aliphatic carbocycles. The molecule has 0 bridgehead atoms. The van der Waals surface area contributed by atoms with Gasteiger partial charge in [0.05, 0.1) is 19.8 Å². The molecule has 2 heterocycles. The smallest absolute Gasteiger partial charge is 0.227 e. The average Bonchev–Trinajstić information content (AvgIpc) is 3.27. The van der Waals surface area contributed by atoms with Crippen molar-refractivity contribution in [2.75, 3.05) is 27.4 Å². The molecule has 0 aliphatic heterocycles. The Labute approximate surface area is 180 Å². The van der Waals surface area contributed by atoms with Crippen molar-refractivity contribution in [1.82, 2.24) is 20.4 Å². The maximum Gasteiger partial charge on any atom is 0.227 e. The second-order valence-corrected chi connectivity index (χ2v) is 6.79. The molecule has 1 atom stereocenters. The van der Waals surface area contributed by atoms with Crippen LogP contribution >= 0.6 is 0 Å². The van der Waals surface area contributed by atoms with E-state index in [1.807, 2.05) is 31.2 Å². The highest BCUT2D eigenvalue weighted by Gasteiger charge is 2.15. The van der Waals surface area contributed by atoms with Gasteiger partial charge in [-0.3, -0.25) is 9.78 Å². The Morgan fingerprint density at radius 3 is 2.81 bits per heavy atom. The van der Waals surface area contributed by atoms with Gasteiger partial charge in [0.2, 0.25) is 17.6 Å². The molecule has 0 spiro atoms. The molecule has 9 nitrogen and oxygen atoms in total. The van der Waals surface area contributed by atoms with Crippen LogP contribution in [0.1, 0.15) is 30.8 Å². The fourth-order valence-corrected chi connectivity index (χ4v) is 2.89. The van der Waals surface area contributed by atoms with Gasteiger partial charge in [-0.1, -0.05) is 11.2 Å². The van der Waals surface area contributed by atoms with E-state index in [-0.39, 0.29) is 18.4 Å². The highest BCUT2D eigenvalue weighted by atomic mass is 16.5. The van der Waals surface area contributed by atoms with Crippen molar-refractivity contribution in [2.24, 2.45) is 0 Å². The number of carbonyl (C=O) groups is 1. The zero-order valence-electron chi connectivity index (χ0n) is 17.8. The summed E-state index contributed by atoms with van der Waals surface area (Å²) in [6.07, 6.45) is 3.91. The predicted molar refractivity (Wildman–Crippen MR) is 113 cm³/mol. The van der Waals surface area contributed by atoms with Gasteiger partial charge in [0.25, 0.3) is 0 Å². The first-order valence-electron chi connectivity index (χ1n) is 9.92. The van der Waals surface area contributed by atoms with E-state index in [9.17, 15) is 4.79 Å². The van der Waals surface area contributed by atoms with Gasteiger partial charge in [-0.15, -0.1) is 0 Å². The summed E-state index contributed by atoms with van der Waals surface area (Å²) in [6, 6.07) is 9.01. The fraction of sp³-hybridized carbons (Fsp3) is 0.364. The van der Waals surface area contributed by atoms with E-state index in [4.69, 9.17) is 18.7 Å². The Hall–Kier alpha value is -3.46. The standard InChI is InChI=1S/C22H26N4O5/c1-15(16-6-7-18(19(13-16)29-3)30-12-11-28-2)24-20(27)8-9-21-25-22(26-31-21)17-5-4-10-23-14-17/h4-7,10,13-15H,8-9,11-12H2,1-3H3,(H,24,27). The van der Waals surface area contributed by atoms with Gasteiger partial charge >= 0.3 is 0 Å². The van der Waals surface area contributed by atoms with Gasteiger partial charge in [0.15, 0.2) is 11.5 Å². The van der Waals surface area contributed by atoms with E-state index in [1.54, 1.807) is 32.7 Å². The van der Waals surface area contributed by atoms with Crippen molar-refractivity contribution >= 4 is 5.91 Å². The molecule has 0 fully saturated rings. The molecule has 9 heteroatoms. The molecule has 3 aromatic rings. The molecule has 0 radical (unpaired) electrons. The average molecular weight is 426 g/mol. The lowest BCUT2D eigenvalue weighted by Crippen LogP contribution is -2.26. The number of pyridine rings is 1. The van der Waals surface area contributed by atoms with Crippen LogP contribution in [0.15, 0.2) is 47.2 Å². The summed E-state index contributed by atoms with van der Waals surface area (Å²) >= 11 is 0. The number of carbonyl (C=O) groups excluding carboxylic acids is 1. The van der Waals surface area contributed by atoms with E-state index in [0.717, 1.165) is 11.1 Å². The minimum Gasteiger partial charge on any atom is -0.493 e. The lowest BCUT2D eigenvalue weighted by atomic mass is 10.1. The third-order valence-electron chi connectivity index (χ3n) is 4.56. The van der Waals surface area contributed by atoms with Crippen molar-refractivity contribution in [2.45, 2.75) is 25.8 Å². The molecule has 2 aromatic heterocycles. The zero-order chi connectivity index (χ0) is 22.1. The lowest BCUT2D eigenvalue weighted by molar-refractivity contribution is -0.121. The van der Waals surface area contributed by atoms with Gasteiger partial charge < -0.3 is 24.1 Å². The van der Waals surface area contributed by atoms with Crippen molar-refractivity contribution in [3.05, 3.63) is 54.2 Å². The molecule has 164 valence electrons. The van der Waals surface area contributed by atoms with Crippen LogP contribution in [0.5, 0.6) is 11.5 Å². The number of aromatic nitrogens is 3. The molecular weight excluding hydrogens is 400 g/mol. The summed E-state index contributed by atoms with van der Waals surface area (Å²) in [6.45, 7) is 2.82. The Bertz CT molecular complexity index is 977. The number of hydrogen-bond acceptors (Lipinski definition) is 8. The molecule has 3 rings (SSSR count). The third kappa shape index (κ3) is 6.26. The van der Waals surface area contributed by atoms with Crippen LogP contribution in [0.2, 0.25) is 0 Å². The number of methoxy groups -OCH3 is 2. The topological polar surface area (TPSA) is 109 Å². The van der Waals surface area contributed by atoms with Crippen LogP contribution in [-0.2, 0) is 16.0 Å². The molecular formula is C22H26N4O5. The fourth-order valence-electron chi connectivity index (χ4n) is 2.89. The number of rotatable bonds is 11. The van der Waals surface area contributed by atoms with Crippen LogP contribution < -0.4 is 14.8 Å². The minimum absolute atomic E-state index is 0.118. The minimum atomic E-state index is -0.205. The Morgan fingerprint density at radius 1 is 1.19 bits per heavy atom. The number of nitrogens with one attached hydrogen (secondary N) is 1. The van der Waals surface area contributed by atoms with Crippen molar-refractivity contribution in [3.63, 3.8) is 0 Å². The van der Waals surface area contributed by atoms with E-state index in [2.05, 4.69) is 20.4 Å². The van der Waals surface area contributed by atoms with Crippen LogP contribution in [0.3, 0.4) is 0 Å². The first kappa shape index (κ1) is 22.2. The highest BCUT2D eigenvalue weighted by Crippen LogP contribution is 2.30. The van der Waals surface area contributed by atoms with E-state index in [1.165, 1.54) is 0 Å². The second kappa shape index (κ2) is 11.1. The summed E-state index contributed by atoms with van der Waals surface area (Å²) in [5.41, 5.74) is 1.67. The van der Waals surface area contributed by atoms with Gasteiger partial charge in [0.1, 0.15) is 6.61 Å². The molecule has 31 heavy (non-hydrogen) atoms. The maximum atomic E-state index is 12.4. The highest BCUT2D eigenvalue weighted by molar-refractivity contribution is 5.76. The van der Waals surface area contributed by atoms with Crippen LogP contribution in [0, 0.1) is 0 Å². The first-order valence-corrected chi connectivity index (χ1v) is 9.92. The number of hydrogen-bond donors (Lipinski definition) is 1. The van der Waals surface area contributed by atoms with E-state index >= 15 is 0 Å². The van der Waals surface area contributed by atoms with Crippen molar-refractivity contribution in [1.29, 1.82) is 0 Å². The molecule has 0 saturated heterocycles. The van der Waals surface area contributed by atoms with Crippen molar-refractivity contribution < 1.29 is 23.5 Å². The predicted octanol–water partition coefficient (Wildman–Crippen LogP) is 2.98. The van der Waals surface area contributed by atoms with E-state index in [0.29, 0.717) is 42.8 Å². The molecule has 1 unspecified atom stereocenters. The number of nitrogens with zero attached hydrogens (tertiary/aromatic N) is 3. The Morgan fingerprint density at radius 2 is 2.06 bits per heavy atom. The molecule has 1 amide bonds. The maximum absolute atomic E-state index is 12.4. The first-order chi connectivity index (χ1) is 15.1. The summed E-state index contributed by atoms with van der Waals surface area (Å²) in [7, 11) is 3.20. The van der Waals surface area contributed by atoms with Crippen molar-refractivity contribution in [3.8, 4) is 22.9 Å². The van der Waals surface area contributed by atoms with E-state index < -0.39 is 0 Å². The van der Waals surface area contributed by atoms with Gasteiger partial charge in [0, 0.05) is 37.9 Å². The van der Waals surface area contributed by atoms with Gasteiger partial charge in [-0.25, -0.2) is 0 Å². The summed E-state index contributed by atoms with van der Waals surface area (Å²) in [5, 5.41) is 6.91.